The predicted molar refractivity (Wildman–Crippen MR) is 82.5 cm³/mol. The summed E-state index contributed by atoms with van der Waals surface area (Å²) in [6, 6.07) is 6.43. The minimum absolute atomic E-state index is 0.461. The predicted octanol–water partition coefficient (Wildman–Crippen LogP) is 4.01. The van der Waals surface area contributed by atoms with Gasteiger partial charge >= 0.3 is 0 Å². The fourth-order valence-electron chi connectivity index (χ4n) is 3.56. The molecular formula is C17H22OS. The third kappa shape index (κ3) is 2.36. The lowest BCUT2D eigenvalue weighted by Crippen LogP contribution is -2.34. The second-order valence-electron chi connectivity index (χ2n) is 6.04. The van der Waals surface area contributed by atoms with Gasteiger partial charge in [-0.3, -0.25) is 0 Å². The topological polar surface area (TPSA) is 20.2 Å². The minimum atomic E-state index is -0.541. The molecule has 0 saturated heterocycles. The van der Waals surface area contributed by atoms with E-state index >= 15 is 0 Å². The van der Waals surface area contributed by atoms with Crippen molar-refractivity contribution in [3.63, 3.8) is 0 Å². The van der Waals surface area contributed by atoms with Crippen LogP contribution in [0, 0.1) is 11.8 Å². The number of aliphatic hydroxyl groups is 1. The van der Waals surface area contributed by atoms with Crippen LogP contribution in [-0.2, 0) is 12.8 Å². The zero-order chi connectivity index (χ0) is 13.4. The lowest BCUT2D eigenvalue weighted by atomic mass is 9.69. The lowest BCUT2D eigenvalue weighted by Gasteiger charge is -2.38. The Labute approximate surface area is 121 Å². The maximum atomic E-state index is 10.5. The summed E-state index contributed by atoms with van der Waals surface area (Å²) < 4.78 is 0. The Morgan fingerprint density at radius 1 is 1.32 bits per heavy atom. The first kappa shape index (κ1) is 13.3. The molecule has 1 saturated carbocycles. The van der Waals surface area contributed by atoms with E-state index in [1.165, 1.54) is 43.2 Å². The molecule has 3 atom stereocenters. The van der Waals surface area contributed by atoms with Crippen molar-refractivity contribution in [1.29, 1.82) is 0 Å². The average Bonchev–Trinajstić information content (AvgIpc) is 2.84. The van der Waals surface area contributed by atoms with Crippen LogP contribution >= 0.6 is 12.2 Å². The zero-order valence-corrected chi connectivity index (χ0v) is 12.4. The van der Waals surface area contributed by atoms with Gasteiger partial charge in [-0.15, -0.1) is 0 Å². The van der Waals surface area contributed by atoms with Gasteiger partial charge in [-0.05, 0) is 60.6 Å². The van der Waals surface area contributed by atoms with Crippen molar-refractivity contribution in [2.24, 2.45) is 11.8 Å². The quantitative estimate of drug-likeness (QED) is 0.837. The first-order chi connectivity index (χ1) is 9.20. The van der Waals surface area contributed by atoms with Gasteiger partial charge in [-0.1, -0.05) is 43.8 Å². The molecule has 1 nitrogen and oxygen atoms in total. The van der Waals surface area contributed by atoms with Crippen LogP contribution in [0.15, 0.2) is 18.2 Å². The van der Waals surface area contributed by atoms with Crippen LogP contribution in [0.25, 0.3) is 0 Å². The molecule has 3 unspecified atom stereocenters. The third-order valence-electron chi connectivity index (χ3n) is 5.02. The van der Waals surface area contributed by atoms with Crippen molar-refractivity contribution in [3.05, 3.63) is 34.9 Å². The van der Waals surface area contributed by atoms with Gasteiger partial charge in [0.25, 0.3) is 0 Å². The molecule has 3 rings (SSSR count). The molecule has 19 heavy (non-hydrogen) atoms. The fourth-order valence-corrected chi connectivity index (χ4v) is 4.01. The molecule has 102 valence electrons. The molecule has 1 aromatic rings. The molecule has 0 amide bonds. The van der Waals surface area contributed by atoms with Crippen molar-refractivity contribution in [2.45, 2.75) is 51.6 Å². The highest BCUT2D eigenvalue weighted by Crippen LogP contribution is 2.41. The molecule has 1 fully saturated rings. The van der Waals surface area contributed by atoms with Crippen molar-refractivity contribution in [2.75, 3.05) is 0 Å². The van der Waals surface area contributed by atoms with Crippen LogP contribution in [0.5, 0.6) is 0 Å². The van der Waals surface area contributed by atoms with E-state index in [4.69, 9.17) is 12.2 Å². The van der Waals surface area contributed by atoms with Gasteiger partial charge in [0, 0.05) is 4.86 Å². The Morgan fingerprint density at radius 2 is 2.11 bits per heavy atom. The second kappa shape index (κ2) is 5.34. The summed E-state index contributed by atoms with van der Waals surface area (Å²) in [5.74, 6) is 1.17. The summed E-state index contributed by atoms with van der Waals surface area (Å²) in [7, 11) is 0. The number of hydrogen-bond acceptors (Lipinski definition) is 2. The Bertz CT molecular complexity index is 492. The monoisotopic (exact) mass is 274 g/mol. The van der Waals surface area contributed by atoms with Crippen LogP contribution in [0.3, 0.4) is 0 Å². The van der Waals surface area contributed by atoms with E-state index in [0.29, 0.717) is 11.8 Å². The van der Waals surface area contributed by atoms with E-state index < -0.39 is 6.10 Å². The van der Waals surface area contributed by atoms with Crippen molar-refractivity contribution in [3.8, 4) is 0 Å². The van der Waals surface area contributed by atoms with Crippen molar-refractivity contribution in [1.82, 2.24) is 0 Å². The number of hydrogen-bond donors (Lipinski definition) is 1. The number of aliphatic hydroxyl groups excluding tert-OH is 1. The lowest BCUT2D eigenvalue weighted by molar-refractivity contribution is 0.198. The van der Waals surface area contributed by atoms with Gasteiger partial charge in [0.1, 0.15) is 6.10 Å². The highest BCUT2D eigenvalue weighted by molar-refractivity contribution is 7.80. The minimum Gasteiger partial charge on any atom is -0.383 e. The second-order valence-corrected chi connectivity index (χ2v) is 6.51. The van der Waals surface area contributed by atoms with E-state index in [-0.39, 0.29) is 0 Å². The molecule has 1 aromatic carbocycles. The Morgan fingerprint density at radius 3 is 2.79 bits per heavy atom. The standard InChI is InChI=1S/C17H22OS/c1-2-11-8-9-15(11)17(19)16(18)14-7-6-12-4-3-5-13(12)10-14/h6-7,10-11,15-16,18H,2-5,8-9H2,1H3. The summed E-state index contributed by atoms with van der Waals surface area (Å²) in [5, 5.41) is 10.5. The largest absolute Gasteiger partial charge is 0.383 e. The van der Waals surface area contributed by atoms with E-state index in [0.717, 1.165) is 16.8 Å². The Kier molecular flexibility index (Phi) is 3.72. The summed E-state index contributed by atoms with van der Waals surface area (Å²) >= 11 is 5.55. The third-order valence-corrected chi connectivity index (χ3v) is 5.54. The van der Waals surface area contributed by atoms with E-state index in [2.05, 4.69) is 25.1 Å². The zero-order valence-electron chi connectivity index (χ0n) is 11.6. The average molecular weight is 274 g/mol. The van der Waals surface area contributed by atoms with Gasteiger partial charge in [0.05, 0.1) is 0 Å². The Hall–Kier alpha value is -0.730. The number of rotatable bonds is 4. The molecule has 2 aliphatic carbocycles. The van der Waals surface area contributed by atoms with Crippen molar-refractivity contribution < 1.29 is 5.11 Å². The van der Waals surface area contributed by atoms with Gasteiger partial charge in [0.15, 0.2) is 0 Å². The molecule has 0 bridgehead atoms. The fraction of sp³-hybridized carbons (Fsp3) is 0.588. The Balaban J connectivity index is 1.76. The van der Waals surface area contributed by atoms with Crippen LogP contribution in [0.1, 0.15) is 55.4 Å². The smallest absolute Gasteiger partial charge is 0.111 e. The molecule has 2 heteroatoms. The van der Waals surface area contributed by atoms with Gasteiger partial charge in [0.2, 0.25) is 0 Å². The highest BCUT2D eigenvalue weighted by atomic mass is 32.1. The van der Waals surface area contributed by atoms with Crippen LogP contribution < -0.4 is 0 Å². The number of benzene rings is 1. The molecule has 0 spiro atoms. The molecular weight excluding hydrogens is 252 g/mol. The molecule has 2 aliphatic rings. The van der Waals surface area contributed by atoms with Crippen LogP contribution in [0.4, 0.5) is 0 Å². The molecule has 0 heterocycles. The van der Waals surface area contributed by atoms with E-state index in [9.17, 15) is 5.11 Å². The molecule has 1 N–H and O–H groups in total. The highest BCUT2D eigenvalue weighted by Gasteiger charge is 2.35. The summed E-state index contributed by atoms with van der Waals surface area (Å²) in [5.41, 5.74) is 3.88. The first-order valence-corrected chi connectivity index (χ1v) is 7.95. The summed E-state index contributed by atoms with van der Waals surface area (Å²) in [6.45, 7) is 2.22. The SMILES string of the molecule is CCC1CCC1C(=S)C(O)c1ccc2c(c1)CCC2. The van der Waals surface area contributed by atoms with Crippen LogP contribution in [-0.4, -0.2) is 9.97 Å². The summed E-state index contributed by atoms with van der Waals surface area (Å²) in [4.78, 5) is 0.871. The van der Waals surface area contributed by atoms with Gasteiger partial charge in [-0.25, -0.2) is 0 Å². The molecule has 0 aliphatic heterocycles. The maximum absolute atomic E-state index is 10.5. The maximum Gasteiger partial charge on any atom is 0.111 e. The van der Waals surface area contributed by atoms with Crippen LogP contribution in [0.2, 0.25) is 0 Å². The molecule has 0 radical (unpaired) electrons. The van der Waals surface area contributed by atoms with Crippen molar-refractivity contribution >= 4 is 17.1 Å². The van der Waals surface area contributed by atoms with Gasteiger partial charge in [-0.2, -0.15) is 0 Å². The van der Waals surface area contributed by atoms with E-state index in [1.807, 2.05) is 0 Å². The summed E-state index contributed by atoms with van der Waals surface area (Å²) in [6.07, 6.45) is 6.68. The van der Waals surface area contributed by atoms with E-state index in [1.54, 1.807) is 0 Å². The normalized spacial score (nSPS) is 26.6. The number of aryl methyl sites for hydroxylation is 2. The number of fused-ring (bicyclic) bond motifs is 1. The first-order valence-electron chi connectivity index (χ1n) is 7.54. The number of thiocarbonyl (C=S) groups is 1. The van der Waals surface area contributed by atoms with Gasteiger partial charge < -0.3 is 5.11 Å². The molecule has 0 aromatic heterocycles.